The predicted molar refractivity (Wildman–Crippen MR) is 120 cm³/mol. The first-order valence-electron chi connectivity index (χ1n) is 10.7. The van der Waals surface area contributed by atoms with Gasteiger partial charge in [-0.05, 0) is 59.9 Å². The monoisotopic (exact) mass is 407 g/mol. The minimum Gasteiger partial charge on any atom is -0.377 e. The van der Waals surface area contributed by atoms with Crippen LogP contribution >= 0.6 is 0 Å². The molecule has 2 heterocycles. The van der Waals surface area contributed by atoms with Crippen LogP contribution in [0.1, 0.15) is 67.8 Å². The van der Waals surface area contributed by atoms with Gasteiger partial charge in [0.05, 0.1) is 22.2 Å². The number of carbonyl (C=O) groups is 2. The molecule has 30 heavy (non-hydrogen) atoms. The van der Waals surface area contributed by atoms with Crippen LogP contribution in [0.25, 0.3) is 0 Å². The average Bonchev–Trinajstić information content (AvgIpc) is 3.01. The number of nitrogens with zero attached hydrogens (tertiary/aromatic N) is 3. The van der Waals surface area contributed by atoms with Crippen molar-refractivity contribution in [3.8, 4) is 0 Å². The van der Waals surface area contributed by atoms with Crippen LogP contribution in [0.2, 0.25) is 0 Å². The Morgan fingerprint density at radius 2 is 1.67 bits per heavy atom. The highest BCUT2D eigenvalue weighted by molar-refractivity contribution is 6.06. The Hall–Kier alpha value is -2.69. The molecule has 0 unspecified atom stereocenters. The van der Waals surface area contributed by atoms with Gasteiger partial charge in [-0.1, -0.05) is 30.3 Å². The second-order valence-electron chi connectivity index (χ2n) is 9.35. The summed E-state index contributed by atoms with van der Waals surface area (Å²) in [5.74, 6) is 0.196. The van der Waals surface area contributed by atoms with E-state index >= 15 is 0 Å². The molecule has 0 bridgehead atoms. The highest BCUT2D eigenvalue weighted by atomic mass is 16.1. The molecule has 0 saturated carbocycles. The van der Waals surface area contributed by atoms with E-state index in [4.69, 9.17) is 0 Å². The summed E-state index contributed by atoms with van der Waals surface area (Å²) >= 11 is 0. The van der Waals surface area contributed by atoms with Crippen molar-refractivity contribution in [2.24, 2.45) is 0 Å². The van der Waals surface area contributed by atoms with Crippen molar-refractivity contribution in [3.05, 3.63) is 65.1 Å². The molecule has 5 nitrogen and oxygen atoms in total. The number of piperidine rings is 1. The predicted octanol–water partition coefficient (Wildman–Crippen LogP) is 4.57. The Bertz CT molecular complexity index is 956. The highest BCUT2D eigenvalue weighted by Crippen LogP contribution is 2.36. The molecule has 0 N–H and O–H groups in total. The quantitative estimate of drug-likeness (QED) is 0.538. The van der Waals surface area contributed by atoms with E-state index in [0.717, 1.165) is 42.9 Å². The Balaban J connectivity index is 1.73. The summed E-state index contributed by atoms with van der Waals surface area (Å²) in [6.45, 7) is 13.3. The van der Waals surface area contributed by atoms with Gasteiger partial charge in [0.1, 0.15) is 5.78 Å². The third kappa shape index (κ3) is 4.11. The first-order chi connectivity index (χ1) is 14.1. The van der Waals surface area contributed by atoms with Crippen LogP contribution in [0.4, 0.5) is 0 Å². The zero-order valence-corrected chi connectivity index (χ0v) is 19.0. The van der Waals surface area contributed by atoms with Crippen LogP contribution in [0.5, 0.6) is 0 Å². The van der Waals surface area contributed by atoms with Gasteiger partial charge in [0.25, 0.3) is 0 Å². The Morgan fingerprint density at radius 3 is 2.17 bits per heavy atom. The number of hydrogen-bond donors (Lipinski definition) is 0. The topological polar surface area (TPSA) is 55.2 Å². The Kier molecular flexibility index (Phi) is 6.02. The van der Waals surface area contributed by atoms with Crippen LogP contribution in [0.3, 0.4) is 0 Å². The molecule has 0 aliphatic carbocycles. The number of hydrogen-bond acceptors (Lipinski definition) is 4. The maximum absolute atomic E-state index is 12.9. The van der Waals surface area contributed by atoms with Crippen molar-refractivity contribution in [2.75, 3.05) is 13.1 Å². The molecular weight excluding hydrogens is 374 g/mol. The Labute approximate surface area is 179 Å². The molecule has 1 aliphatic rings. The number of allylic oxidation sites excluding steroid dienone is 1. The highest BCUT2D eigenvalue weighted by Gasteiger charge is 2.39. The largest absolute Gasteiger partial charge is 0.377 e. The molecule has 5 heteroatoms. The fourth-order valence-electron chi connectivity index (χ4n) is 4.56. The summed E-state index contributed by atoms with van der Waals surface area (Å²) < 4.78 is 1.92. The lowest BCUT2D eigenvalue weighted by molar-refractivity contribution is -0.124. The molecule has 2 aromatic rings. The molecule has 0 radical (unpaired) electrons. The van der Waals surface area contributed by atoms with Gasteiger partial charge < -0.3 is 4.90 Å². The van der Waals surface area contributed by atoms with E-state index in [1.165, 1.54) is 0 Å². The van der Waals surface area contributed by atoms with Crippen molar-refractivity contribution in [2.45, 2.75) is 65.3 Å². The van der Waals surface area contributed by atoms with Crippen LogP contribution in [-0.4, -0.2) is 39.3 Å². The Morgan fingerprint density at radius 1 is 1.07 bits per heavy atom. The SMILES string of the molecule is CC(=O)C1(c2ccccc2)CCN(/C=C/C(=O)c2c(C)nn(C(C)(C)C)c2C)CC1. The molecule has 3 rings (SSSR count). The number of likely N-dealkylation sites (tertiary alicyclic amines) is 1. The number of ketones is 2. The molecule has 1 aromatic heterocycles. The fraction of sp³-hybridized carbons (Fsp3) is 0.480. The third-order valence-corrected chi connectivity index (χ3v) is 6.26. The molecule has 160 valence electrons. The molecule has 0 atom stereocenters. The zero-order valence-electron chi connectivity index (χ0n) is 19.0. The van der Waals surface area contributed by atoms with Gasteiger partial charge in [0, 0.05) is 31.1 Å². The van der Waals surface area contributed by atoms with Gasteiger partial charge in [-0.3, -0.25) is 14.3 Å². The van der Waals surface area contributed by atoms with Crippen LogP contribution in [0.15, 0.2) is 42.6 Å². The van der Waals surface area contributed by atoms with E-state index in [0.29, 0.717) is 5.56 Å². The van der Waals surface area contributed by atoms with Crippen LogP contribution in [0, 0.1) is 13.8 Å². The van der Waals surface area contributed by atoms with Crippen LogP contribution < -0.4 is 0 Å². The van der Waals surface area contributed by atoms with Gasteiger partial charge >= 0.3 is 0 Å². The molecule has 0 amide bonds. The minimum absolute atomic E-state index is 0.0213. The standard InChI is InChI=1S/C25H33N3O2/c1-18-23(19(2)28(26-18)24(4,5)6)22(30)12-15-27-16-13-25(14-17-27,20(3)29)21-10-8-7-9-11-21/h7-12,15H,13-14,16-17H2,1-6H3/b15-12+. The van der Waals surface area contributed by atoms with Gasteiger partial charge in [-0.2, -0.15) is 5.10 Å². The number of benzene rings is 1. The lowest BCUT2D eigenvalue weighted by atomic mass is 9.70. The van der Waals surface area contributed by atoms with E-state index in [1.54, 1.807) is 13.0 Å². The maximum atomic E-state index is 12.9. The molecule has 1 aromatic carbocycles. The van der Waals surface area contributed by atoms with E-state index < -0.39 is 5.41 Å². The summed E-state index contributed by atoms with van der Waals surface area (Å²) in [6, 6.07) is 10.1. The summed E-state index contributed by atoms with van der Waals surface area (Å²) in [6.07, 6.45) is 5.04. The molecule has 0 spiro atoms. The van der Waals surface area contributed by atoms with E-state index in [-0.39, 0.29) is 17.1 Å². The molecule has 1 saturated heterocycles. The minimum atomic E-state index is -0.420. The average molecular weight is 408 g/mol. The van der Waals surface area contributed by atoms with E-state index in [2.05, 4.69) is 42.9 Å². The number of carbonyl (C=O) groups excluding carboxylic acids is 2. The van der Waals surface area contributed by atoms with Crippen molar-refractivity contribution < 1.29 is 9.59 Å². The van der Waals surface area contributed by atoms with Crippen LogP contribution in [-0.2, 0) is 15.7 Å². The lowest BCUT2D eigenvalue weighted by Gasteiger charge is -2.40. The lowest BCUT2D eigenvalue weighted by Crippen LogP contribution is -2.44. The van der Waals surface area contributed by atoms with E-state index in [1.807, 2.05) is 42.9 Å². The van der Waals surface area contributed by atoms with Crippen molar-refractivity contribution in [3.63, 3.8) is 0 Å². The summed E-state index contributed by atoms with van der Waals surface area (Å²) in [7, 11) is 0. The summed E-state index contributed by atoms with van der Waals surface area (Å²) in [5, 5.41) is 4.58. The molecule has 1 fully saturated rings. The van der Waals surface area contributed by atoms with Crippen molar-refractivity contribution >= 4 is 11.6 Å². The second kappa shape index (κ2) is 8.21. The van der Waals surface area contributed by atoms with Gasteiger partial charge in [0.15, 0.2) is 5.78 Å². The van der Waals surface area contributed by atoms with Crippen molar-refractivity contribution in [1.82, 2.24) is 14.7 Å². The normalized spacial score (nSPS) is 16.8. The smallest absolute Gasteiger partial charge is 0.190 e. The van der Waals surface area contributed by atoms with Gasteiger partial charge in [-0.25, -0.2) is 0 Å². The number of Topliss-reactive ketones (excluding diaryl/α,β-unsaturated/α-hetero) is 1. The van der Waals surface area contributed by atoms with Crippen molar-refractivity contribution in [1.29, 1.82) is 0 Å². The molecular formula is C25H33N3O2. The number of aryl methyl sites for hydroxylation is 1. The number of rotatable bonds is 5. The summed E-state index contributed by atoms with van der Waals surface area (Å²) in [4.78, 5) is 27.6. The van der Waals surface area contributed by atoms with Gasteiger partial charge in [-0.15, -0.1) is 0 Å². The number of aromatic nitrogens is 2. The molecule has 1 aliphatic heterocycles. The van der Waals surface area contributed by atoms with E-state index in [9.17, 15) is 9.59 Å². The first-order valence-corrected chi connectivity index (χ1v) is 10.7. The second-order valence-corrected chi connectivity index (χ2v) is 9.35. The third-order valence-electron chi connectivity index (χ3n) is 6.26. The fourth-order valence-corrected chi connectivity index (χ4v) is 4.56. The van der Waals surface area contributed by atoms with Gasteiger partial charge in [0.2, 0.25) is 0 Å². The summed E-state index contributed by atoms with van der Waals surface area (Å²) in [5.41, 5.74) is 2.84. The maximum Gasteiger partial charge on any atom is 0.190 e. The zero-order chi connectivity index (χ0) is 22.1. The first kappa shape index (κ1) is 22.0.